The molecule has 1 atom stereocenters. The van der Waals surface area contributed by atoms with Crippen molar-refractivity contribution in [2.45, 2.75) is 13.3 Å². The van der Waals surface area contributed by atoms with Crippen LogP contribution < -0.4 is 0 Å². The average Bonchev–Trinajstić information content (AvgIpc) is 2.27. The summed E-state index contributed by atoms with van der Waals surface area (Å²) in [6.45, 7) is 3.23. The van der Waals surface area contributed by atoms with E-state index in [0.29, 0.717) is 6.54 Å². The van der Waals surface area contributed by atoms with Gasteiger partial charge in [-0.1, -0.05) is 6.92 Å². The second-order valence-corrected chi connectivity index (χ2v) is 4.67. The monoisotopic (exact) mass is 260 g/mol. The van der Waals surface area contributed by atoms with E-state index in [9.17, 15) is 9.59 Å². The first-order chi connectivity index (χ1) is 8.38. The molecule has 0 aliphatic rings. The molecule has 0 aromatic heterocycles. The van der Waals surface area contributed by atoms with Crippen molar-refractivity contribution >= 4 is 11.9 Å². The molecule has 0 aromatic rings. The largest absolute Gasteiger partial charge is 0.481 e. The van der Waals surface area contributed by atoms with Crippen molar-refractivity contribution in [2.24, 2.45) is 5.92 Å². The van der Waals surface area contributed by atoms with E-state index >= 15 is 0 Å². The smallest absolute Gasteiger partial charge is 0.308 e. The highest BCUT2D eigenvalue weighted by atomic mass is 16.5. The van der Waals surface area contributed by atoms with E-state index in [4.69, 9.17) is 9.84 Å². The molecule has 0 heterocycles. The van der Waals surface area contributed by atoms with E-state index in [0.717, 1.165) is 13.0 Å². The van der Waals surface area contributed by atoms with Crippen LogP contribution in [-0.2, 0) is 14.3 Å². The lowest BCUT2D eigenvalue weighted by atomic mass is 10.1. The van der Waals surface area contributed by atoms with Gasteiger partial charge in [0, 0.05) is 20.2 Å². The minimum atomic E-state index is -0.891. The highest BCUT2D eigenvalue weighted by Gasteiger charge is 2.20. The van der Waals surface area contributed by atoms with Crippen LogP contribution in [0.15, 0.2) is 0 Å². The second kappa shape index (κ2) is 8.88. The van der Waals surface area contributed by atoms with Crippen LogP contribution in [0.4, 0.5) is 0 Å². The molecular formula is C12H24N2O4. The zero-order valence-corrected chi connectivity index (χ0v) is 11.7. The van der Waals surface area contributed by atoms with Gasteiger partial charge >= 0.3 is 5.97 Å². The second-order valence-electron chi connectivity index (χ2n) is 4.67. The molecule has 1 amide bonds. The van der Waals surface area contributed by atoms with Crippen molar-refractivity contribution in [2.75, 3.05) is 47.4 Å². The first kappa shape index (κ1) is 16.9. The van der Waals surface area contributed by atoms with Gasteiger partial charge in [-0.2, -0.15) is 0 Å². The van der Waals surface area contributed by atoms with Gasteiger partial charge in [0.15, 0.2) is 0 Å². The van der Waals surface area contributed by atoms with Gasteiger partial charge in [0.25, 0.3) is 0 Å². The van der Waals surface area contributed by atoms with Crippen molar-refractivity contribution in [3.05, 3.63) is 0 Å². The summed E-state index contributed by atoms with van der Waals surface area (Å²) in [5, 5.41) is 8.88. The number of rotatable bonds is 9. The van der Waals surface area contributed by atoms with Gasteiger partial charge in [0.05, 0.1) is 5.92 Å². The maximum absolute atomic E-state index is 11.8. The molecule has 0 radical (unpaired) electrons. The van der Waals surface area contributed by atoms with E-state index in [1.807, 2.05) is 19.0 Å². The van der Waals surface area contributed by atoms with Gasteiger partial charge < -0.3 is 19.6 Å². The number of methoxy groups -OCH3 is 1. The minimum absolute atomic E-state index is 0.00565. The molecule has 0 fully saturated rings. The fourth-order valence-corrected chi connectivity index (χ4v) is 1.52. The number of aliphatic carboxylic acids is 1. The van der Waals surface area contributed by atoms with E-state index in [1.165, 1.54) is 7.11 Å². The van der Waals surface area contributed by atoms with Crippen LogP contribution in [0, 0.1) is 5.92 Å². The Balaban J connectivity index is 4.33. The lowest BCUT2D eigenvalue weighted by Crippen LogP contribution is -2.40. The molecule has 18 heavy (non-hydrogen) atoms. The molecule has 1 unspecified atom stereocenters. The Labute approximate surface area is 109 Å². The van der Waals surface area contributed by atoms with Gasteiger partial charge in [-0.05, 0) is 27.1 Å². The number of carbonyl (C=O) groups is 2. The minimum Gasteiger partial charge on any atom is -0.481 e. The Morgan fingerprint density at radius 1 is 1.28 bits per heavy atom. The van der Waals surface area contributed by atoms with Crippen molar-refractivity contribution in [1.29, 1.82) is 0 Å². The zero-order valence-electron chi connectivity index (χ0n) is 11.7. The van der Waals surface area contributed by atoms with Gasteiger partial charge in [-0.15, -0.1) is 0 Å². The molecule has 0 aromatic carbocycles. The number of nitrogens with zero attached hydrogens (tertiary/aromatic N) is 2. The van der Waals surface area contributed by atoms with Crippen molar-refractivity contribution in [3.8, 4) is 0 Å². The number of hydrogen-bond acceptors (Lipinski definition) is 4. The third-order valence-electron chi connectivity index (χ3n) is 2.57. The summed E-state index contributed by atoms with van der Waals surface area (Å²) in [6, 6.07) is 0. The maximum atomic E-state index is 11.8. The molecule has 0 aliphatic heterocycles. The summed E-state index contributed by atoms with van der Waals surface area (Å²) in [5.41, 5.74) is 0. The van der Waals surface area contributed by atoms with Crippen molar-refractivity contribution < 1.29 is 19.4 Å². The molecule has 0 spiro atoms. The van der Waals surface area contributed by atoms with Crippen LogP contribution in [-0.4, -0.2) is 74.2 Å². The first-order valence-electron chi connectivity index (χ1n) is 6.02. The van der Waals surface area contributed by atoms with Gasteiger partial charge in [0.1, 0.15) is 6.61 Å². The van der Waals surface area contributed by atoms with Crippen LogP contribution in [0.25, 0.3) is 0 Å². The molecular weight excluding hydrogens is 236 g/mol. The summed E-state index contributed by atoms with van der Waals surface area (Å²) < 4.78 is 4.81. The average molecular weight is 260 g/mol. The molecule has 6 nitrogen and oxygen atoms in total. The Morgan fingerprint density at radius 2 is 1.89 bits per heavy atom. The van der Waals surface area contributed by atoms with Crippen LogP contribution in [0.5, 0.6) is 0 Å². The Hall–Kier alpha value is -1.14. The topological polar surface area (TPSA) is 70.1 Å². The summed E-state index contributed by atoms with van der Waals surface area (Å²) in [4.78, 5) is 26.2. The van der Waals surface area contributed by atoms with Gasteiger partial charge in [-0.25, -0.2) is 0 Å². The molecule has 6 heteroatoms. The molecule has 0 aliphatic carbocycles. The number of ether oxygens (including phenoxy) is 1. The van der Waals surface area contributed by atoms with Crippen LogP contribution in [0.3, 0.4) is 0 Å². The quantitative estimate of drug-likeness (QED) is 0.638. The van der Waals surface area contributed by atoms with Gasteiger partial charge in [-0.3, -0.25) is 9.59 Å². The molecule has 0 bridgehead atoms. The summed E-state index contributed by atoms with van der Waals surface area (Å²) in [5.74, 6) is -1.62. The predicted octanol–water partition coefficient (Wildman–Crippen LogP) is 0.134. The third kappa shape index (κ3) is 7.24. The molecule has 0 saturated carbocycles. The summed E-state index contributed by atoms with van der Waals surface area (Å²) in [6.07, 6.45) is 0.814. The maximum Gasteiger partial charge on any atom is 0.308 e. The molecule has 1 N–H and O–H groups in total. The van der Waals surface area contributed by atoms with Crippen LogP contribution in [0.1, 0.15) is 13.3 Å². The number of amides is 1. The van der Waals surface area contributed by atoms with Crippen molar-refractivity contribution in [3.63, 3.8) is 0 Å². The summed E-state index contributed by atoms with van der Waals surface area (Å²) >= 11 is 0. The first-order valence-corrected chi connectivity index (χ1v) is 6.02. The Kier molecular flexibility index (Phi) is 8.32. The highest BCUT2D eigenvalue weighted by Crippen LogP contribution is 2.03. The van der Waals surface area contributed by atoms with Crippen LogP contribution >= 0.6 is 0 Å². The number of carbonyl (C=O) groups excluding carboxylic acids is 1. The molecule has 106 valence electrons. The Morgan fingerprint density at radius 3 is 2.33 bits per heavy atom. The molecule has 0 rings (SSSR count). The van der Waals surface area contributed by atoms with E-state index in [1.54, 1.807) is 11.8 Å². The highest BCUT2D eigenvalue weighted by molar-refractivity contribution is 5.78. The summed E-state index contributed by atoms with van der Waals surface area (Å²) in [7, 11) is 5.37. The SMILES string of the molecule is COCC(=O)N(CCCN(C)C)CC(C)C(=O)O. The number of hydrogen-bond donors (Lipinski definition) is 1. The predicted molar refractivity (Wildman–Crippen MR) is 68.4 cm³/mol. The lowest BCUT2D eigenvalue weighted by Gasteiger charge is -2.25. The Bertz CT molecular complexity index is 269. The standard InChI is InChI=1S/C12H24N2O4/c1-10(12(16)17)8-14(11(15)9-18-4)7-5-6-13(2)3/h10H,5-9H2,1-4H3,(H,16,17). The van der Waals surface area contributed by atoms with E-state index in [2.05, 4.69) is 0 Å². The third-order valence-corrected chi connectivity index (χ3v) is 2.57. The van der Waals surface area contributed by atoms with E-state index < -0.39 is 11.9 Å². The zero-order chi connectivity index (χ0) is 14.1. The lowest BCUT2D eigenvalue weighted by molar-refractivity contribution is -0.143. The number of carboxylic acids is 1. The van der Waals surface area contributed by atoms with Crippen LogP contribution in [0.2, 0.25) is 0 Å². The number of carboxylic acid groups (broad SMARTS) is 1. The van der Waals surface area contributed by atoms with Crippen molar-refractivity contribution in [1.82, 2.24) is 9.80 Å². The van der Waals surface area contributed by atoms with Gasteiger partial charge in [0.2, 0.25) is 5.91 Å². The fraction of sp³-hybridized carbons (Fsp3) is 0.833. The molecule has 0 saturated heterocycles. The normalized spacial score (nSPS) is 12.5. The van der Waals surface area contributed by atoms with E-state index in [-0.39, 0.29) is 19.1 Å². The fourth-order valence-electron chi connectivity index (χ4n) is 1.52.